The largest absolute Gasteiger partial charge is 0.334 e. The van der Waals surface area contributed by atoms with Gasteiger partial charge in [0.15, 0.2) is 9.84 Å². The Bertz CT molecular complexity index is 561. The number of carbonyl (C=O) groups excluding carboxylic acids is 1. The smallest absolute Gasteiger partial charge is 0.319 e. The van der Waals surface area contributed by atoms with Crippen LogP contribution in [-0.2, 0) is 9.84 Å². The quantitative estimate of drug-likeness (QED) is 0.849. The van der Waals surface area contributed by atoms with E-state index in [1.165, 1.54) is 0 Å². The number of amides is 2. The Morgan fingerprint density at radius 1 is 1.50 bits per heavy atom. The molecule has 2 amide bonds. The Labute approximate surface area is 113 Å². The lowest BCUT2D eigenvalue weighted by molar-refractivity contribution is 0.249. The van der Waals surface area contributed by atoms with Crippen molar-refractivity contribution in [2.75, 3.05) is 16.8 Å². The van der Waals surface area contributed by atoms with Gasteiger partial charge in [0, 0.05) is 18.4 Å². The molecule has 2 rings (SSSR count). The standard InChI is InChI=1S/C10H12BrN3O3S/c11-8-5-12-3-1-9(8)14-10(15)13-7-2-4-18(16,17)6-7/h1,3,5,7H,2,4,6H2,(H2,12,13,14,15). The Morgan fingerprint density at radius 2 is 2.28 bits per heavy atom. The highest BCUT2D eigenvalue weighted by atomic mass is 79.9. The number of pyridine rings is 1. The first-order chi connectivity index (χ1) is 8.46. The maximum absolute atomic E-state index is 11.7. The molecule has 1 atom stereocenters. The van der Waals surface area contributed by atoms with Crippen LogP contribution >= 0.6 is 15.9 Å². The van der Waals surface area contributed by atoms with E-state index in [0.29, 0.717) is 16.6 Å². The molecule has 2 N–H and O–H groups in total. The highest BCUT2D eigenvalue weighted by Crippen LogP contribution is 2.20. The van der Waals surface area contributed by atoms with E-state index in [1.54, 1.807) is 18.5 Å². The van der Waals surface area contributed by atoms with E-state index in [0.717, 1.165) is 0 Å². The maximum atomic E-state index is 11.7. The van der Waals surface area contributed by atoms with Crippen LogP contribution in [0.5, 0.6) is 0 Å². The highest BCUT2D eigenvalue weighted by Gasteiger charge is 2.28. The molecule has 1 unspecified atom stereocenters. The first-order valence-electron chi connectivity index (χ1n) is 5.34. The summed E-state index contributed by atoms with van der Waals surface area (Å²) in [5.41, 5.74) is 0.586. The fourth-order valence-corrected chi connectivity index (χ4v) is 3.75. The minimum atomic E-state index is -2.98. The number of aromatic nitrogens is 1. The van der Waals surface area contributed by atoms with Crippen molar-refractivity contribution in [1.82, 2.24) is 10.3 Å². The molecule has 8 heteroatoms. The van der Waals surface area contributed by atoms with Gasteiger partial charge in [-0.3, -0.25) is 4.98 Å². The average Bonchev–Trinajstić information content (AvgIpc) is 2.61. The minimum Gasteiger partial charge on any atom is -0.334 e. The fraction of sp³-hybridized carbons (Fsp3) is 0.400. The van der Waals surface area contributed by atoms with Crippen molar-refractivity contribution < 1.29 is 13.2 Å². The van der Waals surface area contributed by atoms with Crippen LogP contribution in [0.4, 0.5) is 10.5 Å². The van der Waals surface area contributed by atoms with Gasteiger partial charge in [0.05, 0.1) is 21.7 Å². The van der Waals surface area contributed by atoms with Crippen molar-refractivity contribution in [2.24, 2.45) is 0 Å². The predicted molar refractivity (Wildman–Crippen MR) is 71.2 cm³/mol. The zero-order valence-electron chi connectivity index (χ0n) is 9.39. The van der Waals surface area contributed by atoms with Gasteiger partial charge in [0.25, 0.3) is 0 Å². The van der Waals surface area contributed by atoms with Crippen LogP contribution in [0.15, 0.2) is 22.9 Å². The molecular weight excluding hydrogens is 322 g/mol. The van der Waals surface area contributed by atoms with E-state index in [9.17, 15) is 13.2 Å². The van der Waals surface area contributed by atoms with Gasteiger partial charge in [-0.05, 0) is 28.4 Å². The molecule has 2 heterocycles. The van der Waals surface area contributed by atoms with Crippen LogP contribution < -0.4 is 10.6 Å². The van der Waals surface area contributed by atoms with Crippen molar-refractivity contribution in [3.8, 4) is 0 Å². The average molecular weight is 334 g/mol. The number of urea groups is 1. The van der Waals surface area contributed by atoms with E-state index in [4.69, 9.17) is 0 Å². The third kappa shape index (κ3) is 3.42. The van der Waals surface area contributed by atoms with Gasteiger partial charge in [-0.1, -0.05) is 0 Å². The number of hydrogen-bond acceptors (Lipinski definition) is 4. The molecule has 1 fully saturated rings. The third-order valence-corrected chi connectivity index (χ3v) is 4.99. The normalized spacial score (nSPS) is 21.5. The number of anilines is 1. The number of sulfone groups is 1. The van der Waals surface area contributed by atoms with Crippen molar-refractivity contribution in [3.63, 3.8) is 0 Å². The minimum absolute atomic E-state index is 0.0118. The first-order valence-corrected chi connectivity index (χ1v) is 7.95. The van der Waals surface area contributed by atoms with Gasteiger partial charge in [-0.25, -0.2) is 13.2 Å². The van der Waals surface area contributed by atoms with Crippen LogP contribution in [0, 0.1) is 0 Å². The SMILES string of the molecule is O=C(Nc1ccncc1Br)NC1CCS(=O)(=O)C1. The molecule has 0 spiro atoms. The molecule has 18 heavy (non-hydrogen) atoms. The van der Waals surface area contributed by atoms with Crippen LogP contribution in [0.3, 0.4) is 0 Å². The maximum Gasteiger partial charge on any atom is 0.319 e. The second-order valence-electron chi connectivity index (χ2n) is 4.05. The summed E-state index contributed by atoms with van der Waals surface area (Å²) >= 11 is 3.25. The molecular formula is C10H12BrN3O3S. The van der Waals surface area contributed by atoms with E-state index in [2.05, 4.69) is 31.5 Å². The van der Waals surface area contributed by atoms with Gasteiger partial charge in [0.1, 0.15) is 0 Å². The van der Waals surface area contributed by atoms with Gasteiger partial charge in [-0.15, -0.1) is 0 Å². The zero-order valence-corrected chi connectivity index (χ0v) is 11.8. The number of nitrogens with one attached hydrogen (secondary N) is 2. The molecule has 1 aliphatic heterocycles. The van der Waals surface area contributed by atoms with E-state index < -0.39 is 15.9 Å². The summed E-state index contributed by atoms with van der Waals surface area (Å²) in [6.45, 7) is 0. The van der Waals surface area contributed by atoms with Gasteiger partial charge >= 0.3 is 6.03 Å². The Kier molecular flexibility index (Phi) is 3.86. The monoisotopic (exact) mass is 333 g/mol. The molecule has 0 bridgehead atoms. The molecule has 0 aliphatic carbocycles. The van der Waals surface area contributed by atoms with Gasteiger partial charge in [-0.2, -0.15) is 0 Å². The number of carbonyl (C=O) groups is 1. The second-order valence-corrected chi connectivity index (χ2v) is 7.14. The van der Waals surface area contributed by atoms with Crippen LogP contribution in [-0.4, -0.2) is 37.0 Å². The summed E-state index contributed by atoms with van der Waals surface area (Å²) in [6.07, 6.45) is 3.59. The van der Waals surface area contributed by atoms with E-state index >= 15 is 0 Å². The third-order valence-electron chi connectivity index (χ3n) is 2.59. The lowest BCUT2D eigenvalue weighted by Gasteiger charge is -2.12. The summed E-state index contributed by atoms with van der Waals surface area (Å²) in [4.78, 5) is 15.6. The molecule has 6 nitrogen and oxygen atoms in total. The van der Waals surface area contributed by atoms with Gasteiger partial charge in [0.2, 0.25) is 0 Å². The van der Waals surface area contributed by atoms with Crippen molar-refractivity contribution in [2.45, 2.75) is 12.5 Å². The van der Waals surface area contributed by atoms with Crippen molar-refractivity contribution in [1.29, 1.82) is 0 Å². The lowest BCUT2D eigenvalue weighted by Crippen LogP contribution is -2.38. The summed E-state index contributed by atoms with van der Waals surface area (Å²) in [5.74, 6) is 0.148. The first kappa shape index (κ1) is 13.3. The number of nitrogens with zero attached hydrogens (tertiary/aromatic N) is 1. The van der Waals surface area contributed by atoms with Crippen molar-refractivity contribution in [3.05, 3.63) is 22.9 Å². The number of halogens is 1. The van der Waals surface area contributed by atoms with E-state index in [1.807, 2.05) is 0 Å². The van der Waals surface area contributed by atoms with E-state index in [-0.39, 0.29) is 17.5 Å². The molecule has 1 aliphatic rings. The molecule has 1 saturated heterocycles. The zero-order chi connectivity index (χ0) is 13.2. The Hall–Kier alpha value is -1.15. The molecule has 98 valence electrons. The fourth-order valence-electron chi connectivity index (χ4n) is 1.73. The summed E-state index contributed by atoms with van der Waals surface area (Å²) in [7, 11) is -2.98. The van der Waals surface area contributed by atoms with Gasteiger partial charge < -0.3 is 10.6 Å². The predicted octanol–water partition coefficient (Wildman–Crippen LogP) is 1.15. The lowest BCUT2D eigenvalue weighted by atomic mass is 10.3. The van der Waals surface area contributed by atoms with Crippen molar-refractivity contribution >= 4 is 37.5 Å². The second kappa shape index (κ2) is 5.23. The molecule has 0 saturated carbocycles. The topological polar surface area (TPSA) is 88.2 Å². The summed E-state index contributed by atoms with van der Waals surface area (Å²) in [5, 5.41) is 5.27. The molecule has 1 aromatic rings. The number of hydrogen-bond donors (Lipinski definition) is 2. The Morgan fingerprint density at radius 3 is 2.89 bits per heavy atom. The molecule has 0 aromatic carbocycles. The Balaban J connectivity index is 1.92. The number of rotatable bonds is 2. The highest BCUT2D eigenvalue weighted by molar-refractivity contribution is 9.10. The van der Waals surface area contributed by atoms with Crippen LogP contribution in [0.25, 0.3) is 0 Å². The molecule has 1 aromatic heterocycles. The van der Waals surface area contributed by atoms with Crippen LogP contribution in [0.1, 0.15) is 6.42 Å². The van der Waals surface area contributed by atoms with Crippen LogP contribution in [0.2, 0.25) is 0 Å². The summed E-state index contributed by atoms with van der Waals surface area (Å²) < 4.78 is 23.2. The molecule has 0 radical (unpaired) electrons. The summed E-state index contributed by atoms with van der Waals surface area (Å²) in [6, 6.07) is 0.925.